The molecule has 1 aliphatic rings. The van der Waals surface area contributed by atoms with E-state index in [0.717, 1.165) is 6.54 Å². The molecule has 0 spiro atoms. The van der Waals surface area contributed by atoms with E-state index in [1.165, 1.54) is 0 Å². The lowest BCUT2D eigenvalue weighted by Crippen LogP contribution is -2.44. The van der Waals surface area contributed by atoms with Crippen LogP contribution >= 0.6 is 0 Å². The van der Waals surface area contributed by atoms with Gasteiger partial charge in [0.25, 0.3) is 0 Å². The average molecular weight is 242 g/mol. The van der Waals surface area contributed by atoms with Gasteiger partial charge in [-0.3, -0.25) is 14.5 Å². The first-order chi connectivity index (χ1) is 8.13. The first-order valence-electron chi connectivity index (χ1n) is 6.19. The number of hydrogen-bond acceptors (Lipinski definition) is 4. The van der Waals surface area contributed by atoms with Gasteiger partial charge in [-0.25, -0.2) is 0 Å². The lowest BCUT2D eigenvalue weighted by molar-refractivity contribution is -0.135. The normalized spacial score (nSPS) is 16.6. The van der Waals surface area contributed by atoms with Crippen molar-refractivity contribution in [2.75, 3.05) is 46.4 Å². The van der Waals surface area contributed by atoms with Crippen LogP contribution in [-0.2, 0) is 14.3 Å². The highest BCUT2D eigenvalue weighted by molar-refractivity contribution is 5.84. The summed E-state index contributed by atoms with van der Waals surface area (Å²) in [6, 6.07) is 0. The van der Waals surface area contributed by atoms with Crippen molar-refractivity contribution in [2.45, 2.75) is 19.8 Å². The van der Waals surface area contributed by atoms with E-state index in [2.05, 4.69) is 0 Å². The molecule has 0 saturated carbocycles. The van der Waals surface area contributed by atoms with Crippen LogP contribution in [0.4, 0.5) is 0 Å². The maximum atomic E-state index is 11.9. The predicted molar refractivity (Wildman–Crippen MR) is 64.8 cm³/mol. The largest absolute Gasteiger partial charge is 0.380 e. The molecule has 0 aliphatic carbocycles. The van der Waals surface area contributed by atoms with E-state index in [4.69, 9.17) is 4.74 Å². The van der Waals surface area contributed by atoms with Gasteiger partial charge in [0.2, 0.25) is 5.91 Å². The molecule has 5 heteroatoms. The summed E-state index contributed by atoms with van der Waals surface area (Å²) in [7, 11) is 1.91. The lowest BCUT2D eigenvalue weighted by Gasteiger charge is -2.28. The zero-order chi connectivity index (χ0) is 12.7. The summed E-state index contributed by atoms with van der Waals surface area (Å²) in [6.45, 7) is 5.63. The Morgan fingerprint density at radius 2 is 2.06 bits per heavy atom. The van der Waals surface area contributed by atoms with Gasteiger partial charge in [-0.2, -0.15) is 0 Å². The Kier molecular flexibility index (Phi) is 6.15. The molecule has 0 N–H and O–H groups in total. The summed E-state index contributed by atoms with van der Waals surface area (Å²) in [5.74, 6) is 0.371. The van der Waals surface area contributed by atoms with Crippen molar-refractivity contribution in [3.05, 3.63) is 0 Å². The number of amides is 1. The number of rotatable bonds is 6. The number of likely N-dealkylation sites (N-methyl/N-ethyl adjacent to an activating group) is 1. The molecule has 0 aromatic rings. The van der Waals surface area contributed by atoms with Crippen LogP contribution in [0.3, 0.4) is 0 Å². The molecule has 0 unspecified atom stereocenters. The number of ketones is 1. The van der Waals surface area contributed by atoms with Crippen LogP contribution in [0.1, 0.15) is 19.8 Å². The zero-order valence-corrected chi connectivity index (χ0v) is 10.8. The van der Waals surface area contributed by atoms with Crippen LogP contribution in [0.5, 0.6) is 0 Å². The number of likely N-dealkylation sites (tertiary alicyclic amines) is 1. The number of piperidine rings is 1. The van der Waals surface area contributed by atoms with Gasteiger partial charge in [0.15, 0.2) is 0 Å². The second-order valence-electron chi connectivity index (χ2n) is 4.35. The monoisotopic (exact) mass is 242 g/mol. The van der Waals surface area contributed by atoms with Gasteiger partial charge in [0, 0.05) is 39.1 Å². The Hall–Kier alpha value is -0.940. The lowest BCUT2D eigenvalue weighted by atomic mass is 10.1. The first kappa shape index (κ1) is 14.1. The third kappa shape index (κ3) is 5.28. The van der Waals surface area contributed by atoms with Crippen molar-refractivity contribution < 1.29 is 14.3 Å². The molecule has 0 atom stereocenters. The third-order valence-electron chi connectivity index (χ3n) is 2.90. The van der Waals surface area contributed by atoms with E-state index in [9.17, 15) is 9.59 Å². The van der Waals surface area contributed by atoms with E-state index in [0.29, 0.717) is 45.7 Å². The SMILES string of the molecule is CCOCCN(C)CC(=O)N1CCC(=O)CC1. The number of nitrogens with zero attached hydrogens (tertiary/aromatic N) is 2. The molecule has 1 amide bonds. The third-order valence-corrected chi connectivity index (χ3v) is 2.90. The van der Waals surface area contributed by atoms with E-state index in [1.807, 2.05) is 18.9 Å². The average Bonchev–Trinajstić information content (AvgIpc) is 2.30. The highest BCUT2D eigenvalue weighted by atomic mass is 16.5. The van der Waals surface area contributed by atoms with Crippen LogP contribution in [0, 0.1) is 0 Å². The van der Waals surface area contributed by atoms with Gasteiger partial charge in [0.05, 0.1) is 13.2 Å². The van der Waals surface area contributed by atoms with Crippen molar-refractivity contribution in [2.24, 2.45) is 0 Å². The Bertz CT molecular complexity index is 258. The molecule has 98 valence electrons. The Balaban J connectivity index is 2.21. The van der Waals surface area contributed by atoms with E-state index in [-0.39, 0.29) is 11.7 Å². The summed E-state index contributed by atoms with van der Waals surface area (Å²) in [5, 5.41) is 0. The minimum absolute atomic E-state index is 0.108. The maximum absolute atomic E-state index is 11.9. The van der Waals surface area contributed by atoms with E-state index >= 15 is 0 Å². The Morgan fingerprint density at radius 3 is 2.65 bits per heavy atom. The van der Waals surface area contributed by atoms with Crippen LogP contribution in [0.25, 0.3) is 0 Å². The van der Waals surface area contributed by atoms with Gasteiger partial charge < -0.3 is 9.64 Å². The van der Waals surface area contributed by atoms with Crippen molar-refractivity contribution in [1.29, 1.82) is 0 Å². The van der Waals surface area contributed by atoms with Crippen molar-refractivity contribution >= 4 is 11.7 Å². The van der Waals surface area contributed by atoms with Gasteiger partial charge in [-0.15, -0.1) is 0 Å². The molecule has 0 aromatic heterocycles. The van der Waals surface area contributed by atoms with Gasteiger partial charge >= 0.3 is 0 Å². The molecular weight excluding hydrogens is 220 g/mol. The first-order valence-corrected chi connectivity index (χ1v) is 6.19. The van der Waals surface area contributed by atoms with Gasteiger partial charge in [0.1, 0.15) is 5.78 Å². The van der Waals surface area contributed by atoms with Crippen LogP contribution in [0.2, 0.25) is 0 Å². The van der Waals surface area contributed by atoms with E-state index in [1.54, 1.807) is 4.90 Å². The highest BCUT2D eigenvalue weighted by Crippen LogP contribution is 2.06. The number of carbonyl (C=O) groups is 2. The maximum Gasteiger partial charge on any atom is 0.236 e. The standard InChI is InChI=1S/C12H22N2O3/c1-3-17-9-8-13(2)10-12(16)14-6-4-11(15)5-7-14/h3-10H2,1-2H3. The minimum Gasteiger partial charge on any atom is -0.380 e. The summed E-state index contributed by atoms with van der Waals surface area (Å²) < 4.78 is 5.23. The van der Waals surface area contributed by atoms with Crippen LogP contribution in [-0.4, -0.2) is 67.9 Å². The molecular formula is C12H22N2O3. The molecule has 1 heterocycles. The Morgan fingerprint density at radius 1 is 1.41 bits per heavy atom. The van der Waals surface area contributed by atoms with Crippen molar-refractivity contribution in [3.63, 3.8) is 0 Å². The number of carbonyl (C=O) groups excluding carboxylic acids is 2. The molecule has 5 nitrogen and oxygen atoms in total. The molecule has 0 aromatic carbocycles. The van der Waals surface area contributed by atoms with Crippen molar-refractivity contribution in [1.82, 2.24) is 9.80 Å². The minimum atomic E-state index is 0.108. The second-order valence-corrected chi connectivity index (χ2v) is 4.35. The molecule has 17 heavy (non-hydrogen) atoms. The number of ether oxygens (including phenoxy) is 1. The fourth-order valence-electron chi connectivity index (χ4n) is 1.78. The quantitative estimate of drug-likeness (QED) is 0.622. The second kappa shape index (κ2) is 7.40. The summed E-state index contributed by atoms with van der Waals surface area (Å²) in [4.78, 5) is 26.7. The summed E-state index contributed by atoms with van der Waals surface area (Å²) >= 11 is 0. The zero-order valence-electron chi connectivity index (χ0n) is 10.8. The topological polar surface area (TPSA) is 49.9 Å². The number of Topliss-reactive ketones (excluding diaryl/α,β-unsaturated/α-hetero) is 1. The summed E-state index contributed by atoms with van der Waals surface area (Å²) in [5.41, 5.74) is 0. The van der Waals surface area contributed by atoms with Crippen LogP contribution < -0.4 is 0 Å². The smallest absolute Gasteiger partial charge is 0.236 e. The molecule has 0 bridgehead atoms. The molecule has 1 fully saturated rings. The fraction of sp³-hybridized carbons (Fsp3) is 0.833. The molecule has 1 saturated heterocycles. The fourth-order valence-corrected chi connectivity index (χ4v) is 1.78. The number of hydrogen-bond donors (Lipinski definition) is 0. The Labute approximate surface area is 103 Å². The summed E-state index contributed by atoms with van der Waals surface area (Å²) in [6.07, 6.45) is 1.02. The molecule has 1 aliphatic heterocycles. The van der Waals surface area contributed by atoms with Gasteiger partial charge in [-0.1, -0.05) is 0 Å². The van der Waals surface area contributed by atoms with E-state index < -0.39 is 0 Å². The molecule has 1 rings (SSSR count). The van der Waals surface area contributed by atoms with Crippen LogP contribution in [0.15, 0.2) is 0 Å². The highest BCUT2D eigenvalue weighted by Gasteiger charge is 2.21. The van der Waals surface area contributed by atoms with Crippen molar-refractivity contribution in [3.8, 4) is 0 Å². The molecule has 0 radical (unpaired) electrons. The predicted octanol–water partition coefficient (Wildman–Crippen LogP) is 0.146. The van der Waals surface area contributed by atoms with Gasteiger partial charge in [-0.05, 0) is 14.0 Å².